The van der Waals surface area contributed by atoms with E-state index in [0.29, 0.717) is 11.3 Å². The van der Waals surface area contributed by atoms with Gasteiger partial charge in [0, 0.05) is 11.6 Å². The lowest BCUT2D eigenvalue weighted by atomic mass is 10.0. The van der Waals surface area contributed by atoms with Crippen LogP contribution < -0.4 is 5.73 Å². The molecule has 0 bridgehead atoms. The lowest BCUT2D eigenvalue weighted by molar-refractivity contribution is 0.0696. The number of aromatic carboxylic acids is 1. The van der Waals surface area contributed by atoms with Crippen molar-refractivity contribution in [1.29, 1.82) is 0 Å². The highest BCUT2D eigenvalue weighted by atomic mass is 19.1. The highest BCUT2D eigenvalue weighted by Crippen LogP contribution is 2.25. The molecule has 4 N–H and O–H groups in total. The van der Waals surface area contributed by atoms with Gasteiger partial charge in [-0.3, -0.25) is 5.10 Å². The SMILES string of the molecule is Cc1cc(F)c(-c2cc(N)n[nH]2)cc1C(=O)O. The Labute approximate surface area is 96.1 Å². The summed E-state index contributed by atoms with van der Waals surface area (Å²) in [5.41, 5.74) is 6.32. The van der Waals surface area contributed by atoms with E-state index >= 15 is 0 Å². The summed E-state index contributed by atoms with van der Waals surface area (Å²) in [6.07, 6.45) is 0. The molecular formula is C11H10FN3O2. The van der Waals surface area contributed by atoms with Crippen molar-refractivity contribution in [3.63, 3.8) is 0 Å². The summed E-state index contributed by atoms with van der Waals surface area (Å²) >= 11 is 0. The summed E-state index contributed by atoms with van der Waals surface area (Å²) in [5, 5.41) is 15.2. The van der Waals surface area contributed by atoms with Crippen molar-refractivity contribution in [1.82, 2.24) is 10.2 Å². The number of benzene rings is 1. The number of nitrogens with one attached hydrogen (secondary N) is 1. The van der Waals surface area contributed by atoms with Gasteiger partial charge in [-0.25, -0.2) is 9.18 Å². The van der Waals surface area contributed by atoms with Crippen molar-refractivity contribution in [2.24, 2.45) is 0 Å². The average Bonchev–Trinajstić information content (AvgIpc) is 2.64. The van der Waals surface area contributed by atoms with Gasteiger partial charge in [-0.15, -0.1) is 0 Å². The number of hydrogen-bond donors (Lipinski definition) is 3. The zero-order valence-electron chi connectivity index (χ0n) is 8.99. The zero-order chi connectivity index (χ0) is 12.6. The Morgan fingerprint density at radius 3 is 2.71 bits per heavy atom. The third-order valence-corrected chi connectivity index (χ3v) is 2.43. The number of aromatic nitrogens is 2. The smallest absolute Gasteiger partial charge is 0.335 e. The summed E-state index contributed by atoms with van der Waals surface area (Å²) in [6, 6.07) is 3.88. The first-order chi connectivity index (χ1) is 7.99. The zero-order valence-corrected chi connectivity index (χ0v) is 8.99. The highest BCUT2D eigenvalue weighted by molar-refractivity contribution is 5.91. The van der Waals surface area contributed by atoms with E-state index in [2.05, 4.69) is 10.2 Å². The Hall–Kier alpha value is -2.37. The van der Waals surface area contributed by atoms with Crippen LogP contribution in [0.2, 0.25) is 0 Å². The largest absolute Gasteiger partial charge is 0.478 e. The molecule has 0 saturated heterocycles. The number of carbonyl (C=O) groups is 1. The molecule has 0 spiro atoms. The van der Waals surface area contributed by atoms with Crippen molar-refractivity contribution in [2.45, 2.75) is 6.92 Å². The predicted octanol–water partition coefficient (Wildman–Crippen LogP) is 1.80. The fourth-order valence-electron chi connectivity index (χ4n) is 1.58. The lowest BCUT2D eigenvalue weighted by Gasteiger charge is -2.05. The van der Waals surface area contributed by atoms with Gasteiger partial charge in [0.2, 0.25) is 0 Å². The van der Waals surface area contributed by atoms with Gasteiger partial charge >= 0.3 is 5.97 Å². The Bertz CT molecular complexity index is 592. The minimum Gasteiger partial charge on any atom is -0.478 e. The van der Waals surface area contributed by atoms with E-state index < -0.39 is 11.8 Å². The van der Waals surface area contributed by atoms with E-state index in [0.717, 1.165) is 0 Å². The maximum Gasteiger partial charge on any atom is 0.335 e. The number of rotatable bonds is 2. The first kappa shape index (κ1) is 11.1. The fraction of sp³-hybridized carbons (Fsp3) is 0.0909. The molecule has 0 saturated carbocycles. The van der Waals surface area contributed by atoms with Gasteiger partial charge in [-0.05, 0) is 24.6 Å². The van der Waals surface area contributed by atoms with Crippen LogP contribution in [0.25, 0.3) is 11.3 Å². The van der Waals surface area contributed by atoms with E-state index in [1.807, 2.05) is 0 Å². The van der Waals surface area contributed by atoms with Gasteiger partial charge < -0.3 is 10.8 Å². The second kappa shape index (κ2) is 3.89. The van der Waals surface area contributed by atoms with Crippen LogP contribution in [-0.2, 0) is 0 Å². The van der Waals surface area contributed by atoms with Crippen molar-refractivity contribution in [3.8, 4) is 11.3 Å². The Morgan fingerprint density at radius 1 is 1.47 bits per heavy atom. The van der Waals surface area contributed by atoms with Gasteiger partial charge in [0.25, 0.3) is 0 Å². The van der Waals surface area contributed by atoms with Crippen LogP contribution in [0.5, 0.6) is 0 Å². The number of anilines is 1. The molecule has 0 aliphatic rings. The van der Waals surface area contributed by atoms with Crippen LogP contribution in [0.15, 0.2) is 18.2 Å². The van der Waals surface area contributed by atoms with Crippen LogP contribution in [0, 0.1) is 12.7 Å². The molecule has 0 radical (unpaired) electrons. The molecule has 0 fully saturated rings. The Balaban J connectivity index is 2.62. The molecule has 0 unspecified atom stereocenters. The third-order valence-electron chi connectivity index (χ3n) is 2.43. The standard InChI is InChI=1S/C11H10FN3O2/c1-5-2-8(12)7(3-6(5)11(16)17)9-4-10(13)15-14-9/h2-4H,1H3,(H,16,17)(H3,13,14,15). The molecule has 88 valence electrons. The first-order valence-electron chi connectivity index (χ1n) is 4.83. The highest BCUT2D eigenvalue weighted by Gasteiger charge is 2.14. The van der Waals surface area contributed by atoms with E-state index in [9.17, 15) is 9.18 Å². The van der Waals surface area contributed by atoms with Gasteiger partial charge in [0.15, 0.2) is 0 Å². The van der Waals surface area contributed by atoms with Crippen LogP contribution in [0.4, 0.5) is 10.2 Å². The van der Waals surface area contributed by atoms with Crippen molar-refractivity contribution < 1.29 is 14.3 Å². The van der Waals surface area contributed by atoms with Gasteiger partial charge in [0.05, 0.1) is 11.3 Å². The van der Waals surface area contributed by atoms with Gasteiger partial charge in [0.1, 0.15) is 11.6 Å². The number of carboxylic acids is 1. The van der Waals surface area contributed by atoms with Gasteiger partial charge in [-0.1, -0.05) is 0 Å². The molecule has 1 heterocycles. The fourth-order valence-corrected chi connectivity index (χ4v) is 1.58. The van der Waals surface area contributed by atoms with E-state index in [4.69, 9.17) is 10.8 Å². The molecule has 5 nitrogen and oxygen atoms in total. The average molecular weight is 235 g/mol. The number of nitrogens with two attached hydrogens (primary N) is 1. The maximum atomic E-state index is 13.7. The van der Waals surface area contributed by atoms with E-state index in [-0.39, 0.29) is 16.9 Å². The molecule has 2 aromatic rings. The number of H-pyrrole nitrogens is 1. The second-order valence-electron chi connectivity index (χ2n) is 3.66. The molecule has 0 aliphatic carbocycles. The molecule has 0 amide bonds. The first-order valence-corrected chi connectivity index (χ1v) is 4.83. The van der Waals surface area contributed by atoms with E-state index in [1.165, 1.54) is 25.1 Å². The molecule has 6 heteroatoms. The van der Waals surface area contributed by atoms with Crippen LogP contribution >= 0.6 is 0 Å². The quantitative estimate of drug-likeness (QED) is 0.740. The number of nitrogen functional groups attached to an aromatic ring is 1. The Morgan fingerprint density at radius 2 is 2.18 bits per heavy atom. The van der Waals surface area contributed by atoms with Crippen molar-refractivity contribution >= 4 is 11.8 Å². The summed E-state index contributed by atoms with van der Waals surface area (Å²) in [5.74, 6) is -1.40. The summed E-state index contributed by atoms with van der Waals surface area (Å²) in [7, 11) is 0. The minimum atomic E-state index is -1.10. The summed E-state index contributed by atoms with van der Waals surface area (Å²) < 4.78 is 13.7. The van der Waals surface area contributed by atoms with Crippen molar-refractivity contribution in [3.05, 3.63) is 35.1 Å². The normalized spacial score (nSPS) is 10.5. The molecule has 17 heavy (non-hydrogen) atoms. The number of nitrogens with zero attached hydrogens (tertiary/aromatic N) is 1. The molecule has 1 aromatic heterocycles. The number of hydrogen-bond acceptors (Lipinski definition) is 3. The van der Waals surface area contributed by atoms with E-state index in [1.54, 1.807) is 0 Å². The lowest BCUT2D eigenvalue weighted by Crippen LogP contribution is -2.01. The Kier molecular flexibility index (Phi) is 2.55. The second-order valence-corrected chi connectivity index (χ2v) is 3.66. The molecule has 0 aliphatic heterocycles. The van der Waals surface area contributed by atoms with Crippen LogP contribution in [0.3, 0.4) is 0 Å². The summed E-state index contributed by atoms with van der Waals surface area (Å²) in [6.45, 7) is 1.54. The molecular weight excluding hydrogens is 225 g/mol. The number of aromatic amines is 1. The van der Waals surface area contributed by atoms with Crippen LogP contribution in [0.1, 0.15) is 15.9 Å². The molecule has 1 aromatic carbocycles. The van der Waals surface area contributed by atoms with Gasteiger partial charge in [-0.2, -0.15) is 5.10 Å². The number of halogens is 1. The number of aryl methyl sites for hydroxylation is 1. The monoisotopic (exact) mass is 235 g/mol. The van der Waals surface area contributed by atoms with Crippen LogP contribution in [-0.4, -0.2) is 21.3 Å². The topological polar surface area (TPSA) is 92.0 Å². The van der Waals surface area contributed by atoms with Crippen molar-refractivity contribution in [2.75, 3.05) is 5.73 Å². The molecule has 0 atom stereocenters. The molecule has 2 rings (SSSR count). The number of carboxylic acid groups (broad SMARTS) is 1. The maximum absolute atomic E-state index is 13.7. The minimum absolute atomic E-state index is 0.0505. The third kappa shape index (κ3) is 1.96. The predicted molar refractivity (Wildman–Crippen MR) is 60.1 cm³/mol. The summed E-state index contributed by atoms with van der Waals surface area (Å²) in [4.78, 5) is 10.9.